The minimum atomic E-state index is -3.03. The summed E-state index contributed by atoms with van der Waals surface area (Å²) in [6, 6.07) is 0. The van der Waals surface area contributed by atoms with E-state index in [9.17, 15) is 13.2 Å². The molecule has 2 saturated carbocycles. The molecule has 15 heavy (non-hydrogen) atoms. The summed E-state index contributed by atoms with van der Waals surface area (Å²) in [6.45, 7) is 4.21. The first-order valence-electron chi connectivity index (χ1n) is 5.45. The zero-order valence-corrected chi connectivity index (χ0v) is 10.3. The third-order valence-electron chi connectivity index (χ3n) is 4.30. The average molecular weight is 230 g/mol. The zero-order chi connectivity index (χ0) is 11.4. The summed E-state index contributed by atoms with van der Waals surface area (Å²) in [5.41, 5.74) is 0.0203. The zero-order valence-electron chi connectivity index (χ0n) is 9.49. The highest BCUT2D eigenvalue weighted by molar-refractivity contribution is 7.90. The van der Waals surface area contributed by atoms with Gasteiger partial charge in [-0.3, -0.25) is 4.79 Å². The fraction of sp³-hybridized carbons (Fsp3) is 0.909. The lowest BCUT2D eigenvalue weighted by molar-refractivity contribution is -0.125. The number of ketones is 1. The van der Waals surface area contributed by atoms with E-state index in [0.29, 0.717) is 0 Å². The van der Waals surface area contributed by atoms with Gasteiger partial charge in [0.15, 0.2) is 0 Å². The van der Waals surface area contributed by atoms with Gasteiger partial charge in [-0.1, -0.05) is 13.8 Å². The van der Waals surface area contributed by atoms with Crippen LogP contribution >= 0.6 is 0 Å². The largest absolute Gasteiger partial charge is 0.299 e. The quantitative estimate of drug-likeness (QED) is 0.718. The van der Waals surface area contributed by atoms with Gasteiger partial charge >= 0.3 is 0 Å². The Morgan fingerprint density at radius 2 is 1.93 bits per heavy atom. The monoisotopic (exact) mass is 230 g/mol. The predicted molar refractivity (Wildman–Crippen MR) is 58.2 cm³/mol. The van der Waals surface area contributed by atoms with E-state index in [1.165, 1.54) is 6.26 Å². The summed E-state index contributed by atoms with van der Waals surface area (Å²) in [6.07, 6.45) is 3.19. The summed E-state index contributed by atoms with van der Waals surface area (Å²) in [4.78, 5) is 12.0. The van der Waals surface area contributed by atoms with Crippen LogP contribution in [0, 0.1) is 23.2 Å². The van der Waals surface area contributed by atoms with Gasteiger partial charge < -0.3 is 0 Å². The van der Waals surface area contributed by atoms with Gasteiger partial charge in [-0.25, -0.2) is 8.42 Å². The number of hydrogen-bond acceptors (Lipinski definition) is 3. The molecular weight excluding hydrogens is 212 g/mol. The first-order chi connectivity index (χ1) is 6.73. The molecule has 2 bridgehead atoms. The van der Waals surface area contributed by atoms with Gasteiger partial charge in [0.25, 0.3) is 0 Å². The van der Waals surface area contributed by atoms with E-state index in [4.69, 9.17) is 0 Å². The van der Waals surface area contributed by atoms with E-state index in [1.807, 2.05) is 0 Å². The van der Waals surface area contributed by atoms with Crippen LogP contribution in [0.5, 0.6) is 0 Å². The van der Waals surface area contributed by atoms with Crippen LogP contribution in [0.3, 0.4) is 0 Å². The molecule has 2 aliphatic rings. The van der Waals surface area contributed by atoms with E-state index < -0.39 is 9.84 Å². The van der Waals surface area contributed by atoms with E-state index in [2.05, 4.69) is 13.8 Å². The third-order valence-corrected chi connectivity index (χ3v) is 5.26. The number of carbonyl (C=O) groups is 1. The van der Waals surface area contributed by atoms with Crippen molar-refractivity contribution in [2.75, 3.05) is 12.0 Å². The van der Waals surface area contributed by atoms with Crippen molar-refractivity contribution in [1.29, 1.82) is 0 Å². The molecule has 0 amide bonds. The molecule has 0 spiro atoms. The van der Waals surface area contributed by atoms with Crippen LogP contribution < -0.4 is 0 Å². The van der Waals surface area contributed by atoms with Gasteiger partial charge in [-0.05, 0) is 24.2 Å². The molecule has 2 rings (SSSR count). The molecule has 0 heterocycles. The van der Waals surface area contributed by atoms with E-state index in [1.54, 1.807) is 0 Å². The lowest BCUT2D eigenvalue weighted by Crippen LogP contribution is -2.28. The molecule has 2 aliphatic carbocycles. The third kappa shape index (κ3) is 1.63. The van der Waals surface area contributed by atoms with Gasteiger partial charge in [-0.2, -0.15) is 0 Å². The molecule has 3 nitrogen and oxygen atoms in total. The molecule has 2 unspecified atom stereocenters. The Morgan fingerprint density at radius 1 is 1.33 bits per heavy atom. The van der Waals surface area contributed by atoms with Crippen LogP contribution in [0.4, 0.5) is 0 Å². The number of hydrogen-bond donors (Lipinski definition) is 0. The van der Waals surface area contributed by atoms with Gasteiger partial charge in [0.1, 0.15) is 15.6 Å². The molecule has 2 fully saturated rings. The van der Waals surface area contributed by atoms with Crippen molar-refractivity contribution in [3.63, 3.8) is 0 Å². The molecule has 4 heteroatoms. The smallest absolute Gasteiger partial charge is 0.148 e. The minimum absolute atomic E-state index is 0.0203. The maximum Gasteiger partial charge on any atom is 0.148 e. The highest BCUT2D eigenvalue weighted by Gasteiger charge is 2.59. The molecule has 0 aliphatic heterocycles. The second-order valence-corrected chi connectivity index (χ2v) is 7.84. The maximum absolute atomic E-state index is 12.0. The second-order valence-electron chi connectivity index (χ2n) is 5.66. The topological polar surface area (TPSA) is 51.2 Å². The molecular formula is C11H18O3S. The normalized spacial score (nSPS) is 38.6. The van der Waals surface area contributed by atoms with Crippen molar-refractivity contribution in [2.24, 2.45) is 23.2 Å². The van der Waals surface area contributed by atoms with Gasteiger partial charge in [0.05, 0.1) is 5.75 Å². The summed E-state index contributed by atoms with van der Waals surface area (Å²) >= 11 is 0. The van der Waals surface area contributed by atoms with Crippen LogP contribution in [-0.4, -0.2) is 26.2 Å². The van der Waals surface area contributed by atoms with Crippen molar-refractivity contribution in [3.8, 4) is 0 Å². The van der Waals surface area contributed by atoms with Crippen LogP contribution in [0.25, 0.3) is 0 Å². The van der Waals surface area contributed by atoms with Gasteiger partial charge in [0, 0.05) is 18.1 Å². The molecule has 0 aromatic carbocycles. The Kier molecular flexibility index (Phi) is 2.27. The SMILES string of the molecule is CC1(C)C2CCC1[C@@H](CS(C)(=O)=O)C2=O. The Labute approximate surface area is 91.2 Å². The molecule has 0 saturated heterocycles. The Balaban J connectivity index is 2.27. The molecule has 86 valence electrons. The number of fused-ring (bicyclic) bond motifs is 2. The first kappa shape index (κ1) is 11.1. The lowest BCUT2D eigenvalue weighted by Gasteiger charge is -2.24. The van der Waals surface area contributed by atoms with Gasteiger partial charge in [-0.15, -0.1) is 0 Å². The van der Waals surface area contributed by atoms with Crippen molar-refractivity contribution >= 4 is 15.6 Å². The minimum Gasteiger partial charge on any atom is -0.299 e. The Hall–Kier alpha value is -0.380. The first-order valence-corrected chi connectivity index (χ1v) is 7.51. The molecule has 0 radical (unpaired) electrons. The van der Waals surface area contributed by atoms with Crippen molar-refractivity contribution in [2.45, 2.75) is 26.7 Å². The average Bonchev–Trinajstić information content (AvgIpc) is 2.40. The van der Waals surface area contributed by atoms with Crippen LogP contribution in [0.15, 0.2) is 0 Å². The van der Waals surface area contributed by atoms with E-state index in [-0.39, 0.29) is 34.7 Å². The van der Waals surface area contributed by atoms with Crippen LogP contribution in [0.1, 0.15) is 26.7 Å². The second kappa shape index (κ2) is 3.06. The van der Waals surface area contributed by atoms with E-state index in [0.717, 1.165) is 12.8 Å². The summed E-state index contributed by atoms with van der Waals surface area (Å²) in [5.74, 6) is 0.408. The maximum atomic E-state index is 12.0. The molecule has 0 N–H and O–H groups in total. The highest BCUT2D eigenvalue weighted by atomic mass is 32.2. The molecule has 0 aromatic heterocycles. The highest BCUT2D eigenvalue weighted by Crippen LogP contribution is 2.58. The standard InChI is InChI=1S/C11H18O3S/c1-11(2)8-4-5-9(11)10(12)7(8)6-15(3,13)14/h7-9H,4-6H2,1-3H3/t7-,8?,9?/m1/s1. The van der Waals surface area contributed by atoms with Crippen molar-refractivity contribution in [3.05, 3.63) is 0 Å². The summed E-state index contributed by atoms with van der Waals surface area (Å²) in [5, 5.41) is 0. The lowest BCUT2D eigenvalue weighted by atomic mass is 9.80. The summed E-state index contributed by atoms with van der Waals surface area (Å²) < 4.78 is 22.5. The number of carbonyl (C=O) groups excluding carboxylic acids is 1. The van der Waals surface area contributed by atoms with Crippen LogP contribution in [0.2, 0.25) is 0 Å². The van der Waals surface area contributed by atoms with Crippen molar-refractivity contribution < 1.29 is 13.2 Å². The summed E-state index contributed by atoms with van der Waals surface area (Å²) in [7, 11) is -3.03. The fourth-order valence-corrected chi connectivity index (χ4v) is 4.61. The predicted octanol–water partition coefficient (Wildman–Crippen LogP) is 1.28. The number of sulfone groups is 1. The Morgan fingerprint density at radius 3 is 2.33 bits per heavy atom. The van der Waals surface area contributed by atoms with E-state index >= 15 is 0 Å². The Bertz CT molecular complexity index is 394. The molecule has 0 aromatic rings. The van der Waals surface area contributed by atoms with Crippen LogP contribution in [-0.2, 0) is 14.6 Å². The number of Topliss-reactive ketones (excluding diaryl/α,β-unsaturated/α-hetero) is 1. The fourth-order valence-electron chi connectivity index (χ4n) is 3.56. The molecule has 3 atom stereocenters. The van der Waals surface area contributed by atoms with Crippen molar-refractivity contribution in [1.82, 2.24) is 0 Å². The number of rotatable bonds is 2. The van der Waals surface area contributed by atoms with Gasteiger partial charge in [0.2, 0.25) is 0 Å².